The van der Waals surface area contributed by atoms with Crippen molar-refractivity contribution in [3.05, 3.63) is 34.9 Å². The van der Waals surface area contributed by atoms with E-state index in [9.17, 15) is 0 Å². The lowest BCUT2D eigenvalue weighted by atomic mass is 9.90. The van der Waals surface area contributed by atoms with Gasteiger partial charge in [-0.05, 0) is 45.4 Å². The molecule has 17 heavy (non-hydrogen) atoms. The van der Waals surface area contributed by atoms with E-state index >= 15 is 0 Å². The molecule has 94 valence electrons. The molecular formula is C14H19ClO2. The first kappa shape index (κ1) is 12.9. The molecule has 0 atom stereocenters. The largest absolute Gasteiger partial charge is 0.343 e. The van der Waals surface area contributed by atoms with E-state index in [-0.39, 0.29) is 17.5 Å². The third-order valence-corrected chi connectivity index (χ3v) is 3.87. The van der Waals surface area contributed by atoms with E-state index in [1.165, 1.54) is 5.56 Å². The molecule has 1 aliphatic heterocycles. The van der Waals surface area contributed by atoms with Gasteiger partial charge < -0.3 is 9.47 Å². The minimum atomic E-state index is -0.260. The van der Waals surface area contributed by atoms with Crippen LogP contribution >= 0.6 is 11.6 Å². The Balaban J connectivity index is 2.05. The Morgan fingerprint density at radius 3 is 1.94 bits per heavy atom. The zero-order valence-corrected chi connectivity index (χ0v) is 11.5. The molecule has 2 nitrogen and oxygen atoms in total. The van der Waals surface area contributed by atoms with Gasteiger partial charge in [0.2, 0.25) is 0 Å². The fraction of sp³-hybridized carbons (Fsp3) is 0.571. The summed E-state index contributed by atoms with van der Waals surface area (Å²) in [4.78, 5) is 0. The van der Waals surface area contributed by atoms with E-state index in [1.807, 2.05) is 24.3 Å². The number of hydrogen-bond acceptors (Lipinski definition) is 2. The number of ether oxygens (including phenoxy) is 2. The molecular weight excluding hydrogens is 236 g/mol. The van der Waals surface area contributed by atoms with Crippen molar-refractivity contribution in [2.75, 3.05) is 0 Å². The van der Waals surface area contributed by atoms with Gasteiger partial charge in [-0.3, -0.25) is 0 Å². The Morgan fingerprint density at radius 1 is 1.00 bits per heavy atom. The van der Waals surface area contributed by atoms with Crippen molar-refractivity contribution in [1.29, 1.82) is 0 Å². The molecule has 1 fully saturated rings. The van der Waals surface area contributed by atoms with Crippen molar-refractivity contribution < 1.29 is 9.47 Å². The fourth-order valence-electron chi connectivity index (χ4n) is 1.86. The van der Waals surface area contributed by atoms with Crippen LogP contribution in [0.3, 0.4) is 0 Å². The van der Waals surface area contributed by atoms with E-state index < -0.39 is 0 Å². The lowest BCUT2D eigenvalue weighted by molar-refractivity contribution is -0.0845. The first-order chi connectivity index (χ1) is 7.80. The minimum Gasteiger partial charge on any atom is -0.343 e. The summed E-state index contributed by atoms with van der Waals surface area (Å²) >= 11 is 5.86. The average molecular weight is 255 g/mol. The van der Waals surface area contributed by atoms with Gasteiger partial charge in [0.1, 0.15) is 0 Å². The highest BCUT2D eigenvalue weighted by Crippen LogP contribution is 2.39. The Morgan fingerprint density at radius 2 is 1.47 bits per heavy atom. The maximum absolute atomic E-state index is 5.94. The lowest BCUT2D eigenvalue weighted by Crippen LogP contribution is -2.41. The van der Waals surface area contributed by atoms with Crippen LogP contribution in [0.1, 0.15) is 33.3 Å². The Hall–Kier alpha value is -0.570. The molecule has 0 saturated carbocycles. The highest BCUT2D eigenvalue weighted by Gasteiger charge is 2.48. The zero-order chi connectivity index (χ0) is 12.7. The van der Waals surface area contributed by atoms with Gasteiger partial charge in [-0.15, -0.1) is 0 Å². The van der Waals surface area contributed by atoms with Crippen molar-refractivity contribution in [3.8, 4) is 0 Å². The van der Waals surface area contributed by atoms with E-state index in [0.717, 1.165) is 11.4 Å². The van der Waals surface area contributed by atoms with Crippen molar-refractivity contribution >= 4 is 11.6 Å². The summed E-state index contributed by atoms with van der Waals surface area (Å²) in [6.07, 6.45) is 0.575. The molecule has 0 amide bonds. The van der Waals surface area contributed by atoms with Crippen molar-refractivity contribution in [2.45, 2.75) is 51.6 Å². The normalized spacial score (nSPS) is 22.9. The summed E-state index contributed by atoms with van der Waals surface area (Å²) < 4.78 is 11.9. The van der Waals surface area contributed by atoms with Gasteiger partial charge in [0.15, 0.2) is 6.29 Å². The molecule has 3 heteroatoms. The molecule has 0 N–H and O–H groups in total. The smallest absolute Gasteiger partial charge is 0.163 e. The van der Waals surface area contributed by atoms with Crippen LogP contribution in [0.5, 0.6) is 0 Å². The molecule has 0 spiro atoms. The summed E-state index contributed by atoms with van der Waals surface area (Å²) in [7, 11) is 0. The molecule has 1 aromatic carbocycles. The topological polar surface area (TPSA) is 18.5 Å². The van der Waals surface area contributed by atoms with Gasteiger partial charge in [-0.1, -0.05) is 23.7 Å². The zero-order valence-electron chi connectivity index (χ0n) is 10.8. The van der Waals surface area contributed by atoms with E-state index in [2.05, 4.69) is 27.7 Å². The summed E-state index contributed by atoms with van der Waals surface area (Å²) in [5.74, 6) is 0. The highest BCUT2D eigenvalue weighted by atomic mass is 35.5. The van der Waals surface area contributed by atoms with Crippen molar-refractivity contribution in [1.82, 2.24) is 0 Å². The first-order valence-electron chi connectivity index (χ1n) is 5.90. The van der Waals surface area contributed by atoms with Gasteiger partial charge in [-0.25, -0.2) is 0 Å². The Labute approximate surface area is 108 Å². The quantitative estimate of drug-likeness (QED) is 0.799. The predicted octanol–water partition coefficient (Wildman–Crippen LogP) is 3.81. The van der Waals surface area contributed by atoms with Gasteiger partial charge >= 0.3 is 0 Å². The molecule has 2 rings (SSSR count). The summed E-state index contributed by atoms with van der Waals surface area (Å²) in [5.41, 5.74) is 0.654. The molecule has 0 unspecified atom stereocenters. The maximum atomic E-state index is 5.94. The van der Waals surface area contributed by atoms with Crippen LogP contribution in [0.15, 0.2) is 24.3 Å². The summed E-state index contributed by atoms with van der Waals surface area (Å²) in [6, 6.07) is 7.80. The van der Waals surface area contributed by atoms with Gasteiger partial charge in [0.25, 0.3) is 0 Å². The first-order valence-corrected chi connectivity index (χ1v) is 6.28. The van der Waals surface area contributed by atoms with Gasteiger partial charge in [-0.2, -0.15) is 0 Å². The number of rotatable bonds is 2. The van der Waals surface area contributed by atoms with E-state index in [0.29, 0.717) is 0 Å². The molecule has 1 aliphatic rings. The second-order valence-corrected chi connectivity index (χ2v) is 5.95. The summed E-state index contributed by atoms with van der Waals surface area (Å²) in [5, 5.41) is 0.752. The Bertz CT molecular complexity index is 379. The molecule has 1 heterocycles. The van der Waals surface area contributed by atoms with Crippen molar-refractivity contribution in [2.24, 2.45) is 0 Å². The third-order valence-electron chi connectivity index (χ3n) is 3.62. The predicted molar refractivity (Wildman–Crippen MR) is 69.3 cm³/mol. The number of hydrogen-bond donors (Lipinski definition) is 0. The van der Waals surface area contributed by atoms with Crippen LogP contribution < -0.4 is 0 Å². The number of halogens is 1. The second-order valence-electron chi connectivity index (χ2n) is 5.52. The minimum absolute atomic E-state index is 0.179. The molecule has 0 bridgehead atoms. The highest BCUT2D eigenvalue weighted by molar-refractivity contribution is 6.30. The van der Waals surface area contributed by atoms with Crippen LogP contribution in [-0.2, 0) is 15.9 Å². The van der Waals surface area contributed by atoms with Crippen molar-refractivity contribution in [3.63, 3.8) is 0 Å². The third kappa shape index (κ3) is 2.65. The van der Waals surface area contributed by atoms with E-state index in [4.69, 9.17) is 21.1 Å². The average Bonchev–Trinajstić information content (AvgIpc) is 2.39. The van der Waals surface area contributed by atoms with Crippen LogP contribution in [-0.4, -0.2) is 17.5 Å². The monoisotopic (exact) mass is 254 g/mol. The van der Waals surface area contributed by atoms with E-state index in [1.54, 1.807) is 0 Å². The molecule has 1 saturated heterocycles. The molecule has 0 aromatic heterocycles. The fourth-order valence-corrected chi connectivity index (χ4v) is 1.99. The molecule has 0 radical (unpaired) electrons. The van der Waals surface area contributed by atoms with Gasteiger partial charge in [0.05, 0.1) is 11.2 Å². The standard InChI is InChI=1S/C14H19ClO2/c1-13(2)14(3,4)17-12(16-13)9-10-5-7-11(15)8-6-10/h5-8,12H,9H2,1-4H3. The van der Waals surface area contributed by atoms with Crippen LogP contribution in [0.25, 0.3) is 0 Å². The maximum Gasteiger partial charge on any atom is 0.163 e. The van der Waals surface area contributed by atoms with Gasteiger partial charge in [0, 0.05) is 11.4 Å². The van der Waals surface area contributed by atoms with Crippen LogP contribution in [0.4, 0.5) is 0 Å². The summed E-state index contributed by atoms with van der Waals surface area (Å²) in [6.45, 7) is 8.26. The second kappa shape index (κ2) is 4.27. The molecule has 1 aromatic rings. The van der Waals surface area contributed by atoms with Crippen LogP contribution in [0.2, 0.25) is 5.02 Å². The number of benzene rings is 1. The molecule has 0 aliphatic carbocycles. The van der Waals surface area contributed by atoms with Crippen LogP contribution in [0, 0.1) is 0 Å². The SMILES string of the molecule is CC1(C)OC(Cc2ccc(Cl)cc2)OC1(C)C. The Kier molecular flexibility index (Phi) is 3.23. The lowest BCUT2D eigenvalue weighted by Gasteiger charge is -2.30.